The summed E-state index contributed by atoms with van der Waals surface area (Å²) < 4.78 is 0. The summed E-state index contributed by atoms with van der Waals surface area (Å²) in [7, 11) is 0. The van der Waals surface area contributed by atoms with Gasteiger partial charge in [0.1, 0.15) is 5.69 Å². The van der Waals surface area contributed by atoms with E-state index < -0.39 is 0 Å². The molecule has 1 amide bonds. The van der Waals surface area contributed by atoms with Crippen molar-refractivity contribution in [3.05, 3.63) is 71.9 Å². The predicted octanol–water partition coefficient (Wildman–Crippen LogP) is 5.07. The van der Waals surface area contributed by atoms with Crippen LogP contribution in [0.2, 0.25) is 0 Å². The number of aromatic nitrogens is 1. The van der Waals surface area contributed by atoms with Gasteiger partial charge in [0.05, 0.1) is 0 Å². The van der Waals surface area contributed by atoms with Crippen molar-refractivity contribution in [1.29, 1.82) is 0 Å². The van der Waals surface area contributed by atoms with Gasteiger partial charge in [-0.3, -0.25) is 9.69 Å². The van der Waals surface area contributed by atoms with E-state index in [2.05, 4.69) is 53.2 Å². The highest BCUT2D eigenvalue weighted by Crippen LogP contribution is 2.40. The number of nitrogens with one attached hydrogen (secondary N) is 1. The molecule has 2 aromatic carbocycles. The molecule has 0 aliphatic carbocycles. The van der Waals surface area contributed by atoms with Gasteiger partial charge in [0.25, 0.3) is 5.91 Å². The number of hydrogen-bond donors (Lipinski definition) is 1. The minimum atomic E-state index is 0.132. The van der Waals surface area contributed by atoms with Crippen LogP contribution in [0.1, 0.15) is 48.7 Å². The van der Waals surface area contributed by atoms with Gasteiger partial charge in [0.15, 0.2) is 0 Å². The standard InChI is InChI=1S/C26H31N3O/c1-2-28(26(30)25-16-21-10-6-7-11-24(21)27-25)17-20-14-22-12-13-23(15-20)29(22)18-19-8-4-3-5-9-19/h3-11,16,20,22-23,27H,2,12-15,17-18H2,1H3. The maximum atomic E-state index is 13.2. The monoisotopic (exact) mass is 401 g/mol. The number of fused-ring (bicyclic) bond motifs is 3. The summed E-state index contributed by atoms with van der Waals surface area (Å²) in [4.78, 5) is 21.3. The molecule has 4 heteroatoms. The van der Waals surface area contributed by atoms with Crippen molar-refractivity contribution in [2.75, 3.05) is 13.1 Å². The number of hydrogen-bond acceptors (Lipinski definition) is 2. The maximum absolute atomic E-state index is 13.2. The van der Waals surface area contributed by atoms with Crippen LogP contribution < -0.4 is 0 Å². The zero-order chi connectivity index (χ0) is 20.5. The van der Waals surface area contributed by atoms with Crippen molar-refractivity contribution in [1.82, 2.24) is 14.8 Å². The van der Waals surface area contributed by atoms with Crippen molar-refractivity contribution in [2.45, 2.75) is 51.2 Å². The summed E-state index contributed by atoms with van der Waals surface area (Å²) in [5, 5.41) is 1.10. The first kappa shape index (κ1) is 19.4. The third-order valence-corrected chi connectivity index (χ3v) is 7.10. The van der Waals surface area contributed by atoms with Crippen molar-refractivity contribution in [2.24, 2.45) is 5.92 Å². The maximum Gasteiger partial charge on any atom is 0.270 e. The Labute approximate surface area is 178 Å². The molecule has 30 heavy (non-hydrogen) atoms. The molecular weight excluding hydrogens is 370 g/mol. The van der Waals surface area contributed by atoms with Gasteiger partial charge in [-0.05, 0) is 56.2 Å². The van der Waals surface area contributed by atoms with E-state index in [0.29, 0.717) is 23.7 Å². The zero-order valence-corrected chi connectivity index (χ0v) is 17.8. The molecule has 5 rings (SSSR count). The lowest BCUT2D eigenvalue weighted by Gasteiger charge is -2.40. The second kappa shape index (κ2) is 8.27. The number of piperidine rings is 1. The average Bonchev–Trinajstić information content (AvgIpc) is 3.30. The number of para-hydroxylation sites is 1. The highest BCUT2D eigenvalue weighted by Gasteiger charge is 2.41. The Balaban J connectivity index is 1.25. The van der Waals surface area contributed by atoms with Gasteiger partial charge in [-0.2, -0.15) is 0 Å². The first-order valence-corrected chi connectivity index (χ1v) is 11.4. The first-order valence-electron chi connectivity index (χ1n) is 11.4. The SMILES string of the molecule is CCN(CC1CC2CCC(C1)N2Cc1ccccc1)C(=O)c1cc2ccccc2[nH]1. The Bertz CT molecular complexity index is 964. The van der Waals surface area contributed by atoms with E-state index in [4.69, 9.17) is 0 Å². The fourth-order valence-electron chi connectivity index (χ4n) is 5.61. The van der Waals surface area contributed by atoms with E-state index in [9.17, 15) is 4.79 Å². The normalized spacial score (nSPS) is 23.7. The third kappa shape index (κ3) is 3.77. The smallest absolute Gasteiger partial charge is 0.270 e. The van der Waals surface area contributed by atoms with Gasteiger partial charge >= 0.3 is 0 Å². The van der Waals surface area contributed by atoms with Crippen molar-refractivity contribution in [3.63, 3.8) is 0 Å². The second-order valence-electron chi connectivity index (χ2n) is 8.99. The summed E-state index contributed by atoms with van der Waals surface area (Å²) >= 11 is 0. The van der Waals surface area contributed by atoms with Crippen molar-refractivity contribution in [3.8, 4) is 0 Å². The predicted molar refractivity (Wildman–Crippen MR) is 121 cm³/mol. The molecule has 2 aliphatic heterocycles. The van der Waals surface area contributed by atoms with Crippen LogP contribution in [-0.2, 0) is 6.54 Å². The number of nitrogens with zero attached hydrogens (tertiary/aromatic N) is 2. The molecule has 2 saturated heterocycles. The van der Waals surface area contributed by atoms with Crippen LogP contribution in [-0.4, -0.2) is 45.9 Å². The molecule has 0 saturated carbocycles. The summed E-state index contributed by atoms with van der Waals surface area (Å²) in [6.07, 6.45) is 5.02. The molecule has 0 radical (unpaired) electrons. The fraction of sp³-hybridized carbons (Fsp3) is 0.423. The van der Waals surface area contributed by atoms with Crippen LogP contribution in [0.4, 0.5) is 0 Å². The largest absolute Gasteiger partial charge is 0.351 e. The molecule has 2 unspecified atom stereocenters. The first-order chi connectivity index (χ1) is 14.7. The van der Waals surface area contributed by atoms with Crippen molar-refractivity contribution >= 4 is 16.8 Å². The third-order valence-electron chi connectivity index (χ3n) is 7.10. The van der Waals surface area contributed by atoms with E-state index in [1.165, 1.54) is 31.2 Å². The highest BCUT2D eigenvalue weighted by atomic mass is 16.2. The van der Waals surface area contributed by atoms with E-state index in [1.807, 2.05) is 29.2 Å². The van der Waals surface area contributed by atoms with Crippen LogP contribution in [0.15, 0.2) is 60.7 Å². The minimum absolute atomic E-state index is 0.132. The lowest BCUT2D eigenvalue weighted by Crippen LogP contribution is -2.46. The van der Waals surface area contributed by atoms with E-state index >= 15 is 0 Å². The zero-order valence-electron chi connectivity index (χ0n) is 17.8. The van der Waals surface area contributed by atoms with Gasteiger partial charge < -0.3 is 9.88 Å². The quantitative estimate of drug-likeness (QED) is 0.626. The van der Waals surface area contributed by atoms with Crippen LogP contribution in [0, 0.1) is 5.92 Å². The summed E-state index contributed by atoms with van der Waals surface area (Å²) in [5.41, 5.74) is 3.16. The summed E-state index contributed by atoms with van der Waals surface area (Å²) in [5.74, 6) is 0.732. The van der Waals surface area contributed by atoms with Gasteiger partial charge in [0, 0.05) is 42.6 Å². The Morgan fingerprint density at radius 2 is 1.73 bits per heavy atom. The number of carbonyl (C=O) groups is 1. The minimum Gasteiger partial charge on any atom is -0.351 e. The van der Waals surface area contributed by atoms with Crippen LogP contribution in [0.25, 0.3) is 10.9 Å². The molecule has 2 atom stereocenters. The van der Waals surface area contributed by atoms with E-state index in [1.54, 1.807) is 0 Å². The summed E-state index contributed by atoms with van der Waals surface area (Å²) in [6, 6.07) is 22.3. The molecule has 2 bridgehead atoms. The number of amides is 1. The molecule has 1 N–H and O–H groups in total. The van der Waals surface area contributed by atoms with Gasteiger partial charge in [-0.1, -0.05) is 48.5 Å². The second-order valence-corrected chi connectivity index (χ2v) is 8.99. The van der Waals surface area contributed by atoms with Crippen molar-refractivity contribution < 1.29 is 4.79 Å². The van der Waals surface area contributed by atoms with Crippen LogP contribution in [0.5, 0.6) is 0 Å². The number of aromatic amines is 1. The number of benzene rings is 2. The van der Waals surface area contributed by atoms with Crippen LogP contribution >= 0.6 is 0 Å². The molecule has 156 valence electrons. The van der Waals surface area contributed by atoms with Gasteiger partial charge in [0.2, 0.25) is 0 Å². The Morgan fingerprint density at radius 1 is 1.03 bits per heavy atom. The lowest BCUT2D eigenvalue weighted by atomic mass is 9.89. The molecular formula is C26H31N3O. The highest BCUT2D eigenvalue weighted by molar-refractivity contribution is 5.98. The molecule has 0 spiro atoms. The number of rotatable bonds is 6. The Morgan fingerprint density at radius 3 is 2.43 bits per heavy atom. The van der Waals surface area contributed by atoms with Gasteiger partial charge in [-0.15, -0.1) is 0 Å². The lowest BCUT2D eigenvalue weighted by molar-refractivity contribution is 0.0588. The average molecular weight is 402 g/mol. The van der Waals surface area contributed by atoms with E-state index in [0.717, 1.165) is 30.5 Å². The topological polar surface area (TPSA) is 39.3 Å². The Hall–Kier alpha value is -2.59. The molecule has 2 aliphatic rings. The fourth-order valence-corrected chi connectivity index (χ4v) is 5.61. The molecule has 3 heterocycles. The number of H-pyrrole nitrogens is 1. The number of carbonyl (C=O) groups excluding carboxylic acids is 1. The molecule has 4 nitrogen and oxygen atoms in total. The molecule has 2 fully saturated rings. The summed E-state index contributed by atoms with van der Waals surface area (Å²) in [6.45, 7) is 4.79. The van der Waals surface area contributed by atoms with Gasteiger partial charge in [-0.25, -0.2) is 0 Å². The van der Waals surface area contributed by atoms with E-state index in [-0.39, 0.29) is 5.91 Å². The molecule has 1 aromatic heterocycles. The Kier molecular flexibility index (Phi) is 5.34. The molecule has 3 aromatic rings. The van der Waals surface area contributed by atoms with Crippen LogP contribution in [0.3, 0.4) is 0 Å².